The largest absolute Gasteiger partial charge is 0.461 e. The Balaban J connectivity index is 1.92. The molecule has 0 aliphatic heterocycles. The average molecular weight is 325 g/mol. The monoisotopic (exact) mass is 325 g/mol. The van der Waals surface area contributed by atoms with Crippen LogP contribution in [0, 0.1) is 0 Å². The topological polar surface area (TPSA) is 81.2 Å². The Morgan fingerprint density at radius 2 is 2.19 bits per heavy atom. The third-order valence-corrected chi connectivity index (χ3v) is 4.50. The van der Waals surface area contributed by atoms with Gasteiger partial charge in [0.25, 0.3) is 5.91 Å². The zero-order valence-corrected chi connectivity index (χ0v) is 13.3. The van der Waals surface area contributed by atoms with Gasteiger partial charge >= 0.3 is 5.97 Å². The highest BCUT2D eigenvalue weighted by atomic mass is 32.1. The number of nitrogens with one attached hydrogen (secondary N) is 1. The molecule has 1 amide bonds. The van der Waals surface area contributed by atoms with Gasteiger partial charge in [-0.25, -0.2) is 14.8 Å². The Morgan fingerprint density at radius 3 is 2.86 bits per heavy atom. The molecule has 0 spiro atoms. The van der Waals surface area contributed by atoms with Gasteiger partial charge in [0.1, 0.15) is 10.7 Å². The minimum absolute atomic E-state index is 0.185. The van der Waals surface area contributed by atoms with E-state index in [1.807, 2.05) is 6.20 Å². The van der Waals surface area contributed by atoms with E-state index < -0.39 is 5.97 Å². The van der Waals surface area contributed by atoms with Crippen LogP contribution < -0.4 is 5.32 Å². The zero-order valence-electron chi connectivity index (χ0n) is 11.7. The van der Waals surface area contributed by atoms with Gasteiger partial charge in [-0.05, 0) is 13.3 Å². The molecule has 0 fully saturated rings. The highest BCUT2D eigenvalue weighted by Gasteiger charge is 2.16. The predicted octanol–water partition coefficient (Wildman–Crippen LogP) is 2.27. The van der Waals surface area contributed by atoms with Crippen molar-refractivity contribution in [2.75, 3.05) is 6.61 Å². The van der Waals surface area contributed by atoms with Crippen LogP contribution in [-0.2, 0) is 17.7 Å². The zero-order chi connectivity index (χ0) is 15.2. The second-order valence-corrected chi connectivity index (χ2v) is 6.07. The molecule has 8 heteroatoms. The van der Waals surface area contributed by atoms with Crippen molar-refractivity contribution in [3.8, 4) is 0 Å². The number of ether oxygens (including phenoxy) is 1. The van der Waals surface area contributed by atoms with E-state index in [-0.39, 0.29) is 23.2 Å². The molecule has 0 saturated heterocycles. The number of hydrogen-bond acceptors (Lipinski definition) is 7. The van der Waals surface area contributed by atoms with Gasteiger partial charge in [-0.2, -0.15) is 0 Å². The molecule has 112 valence electrons. The highest BCUT2D eigenvalue weighted by Crippen LogP contribution is 2.14. The molecule has 2 rings (SSSR count). The lowest BCUT2D eigenvalue weighted by atomic mass is 10.4. The summed E-state index contributed by atoms with van der Waals surface area (Å²) in [7, 11) is 0. The van der Waals surface area contributed by atoms with Crippen molar-refractivity contribution in [3.05, 3.63) is 32.2 Å². The van der Waals surface area contributed by atoms with Gasteiger partial charge in [-0.3, -0.25) is 4.79 Å². The Bertz CT molecular complexity index is 636. The van der Waals surface area contributed by atoms with Crippen molar-refractivity contribution in [1.29, 1.82) is 0 Å². The third kappa shape index (κ3) is 4.08. The fraction of sp³-hybridized carbons (Fsp3) is 0.385. The summed E-state index contributed by atoms with van der Waals surface area (Å²) in [5.41, 5.74) is 0.218. The number of carbonyl (C=O) groups is 2. The number of hydrogen-bond donors (Lipinski definition) is 1. The van der Waals surface area contributed by atoms with Crippen LogP contribution in [0.2, 0.25) is 0 Å². The van der Waals surface area contributed by atoms with Crippen LogP contribution in [0.4, 0.5) is 0 Å². The Labute approximate surface area is 130 Å². The first-order valence-corrected chi connectivity index (χ1v) is 8.18. The molecule has 0 atom stereocenters. The number of esters is 1. The van der Waals surface area contributed by atoms with Crippen LogP contribution in [0.3, 0.4) is 0 Å². The number of thiazole rings is 2. The summed E-state index contributed by atoms with van der Waals surface area (Å²) in [6.45, 7) is 4.42. The summed E-state index contributed by atoms with van der Waals surface area (Å²) in [5, 5.41) is 5.31. The van der Waals surface area contributed by atoms with Crippen molar-refractivity contribution >= 4 is 34.6 Å². The maximum atomic E-state index is 11.9. The van der Waals surface area contributed by atoms with Crippen molar-refractivity contribution < 1.29 is 14.3 Å². The lowest BCUT2D eigenvalue weighted by Crippen LogP contribution is -2.23. The van der Waals surface area contributed by atoms with Crippen LogP contribution in [0.1, 0.15) is 44.0 Å². The van der Waals surface area contributed by atoms with E-state index in [2.05, 4.69) is 22.2 Å². The first kappa shape index (κ1) is 15.6. The van der Waals surface area contributed by atoms with Gasteiger partial charge < -0.3 is 10.1 Å². The summed E-state index contributed by atoms with van der Waals surface area (Å²) in [6.07, 6.45) is 2.74. The van der Waals surface area contributed by atoms with Crippen molar-refractivity contribution in [2.45, 2.75) is 26.8 Å². The maximum absolute atomic E-state index is 11.9. The second-order valence-electron chi connectivity index (χ2n) is 4.01. The molecular weight excluding hydrogens is 310 g/mol. The second kappa shape index (κ2) is 7.28. The van der Waals surface area contributed by atoms with Crippen LogP contribution in [0.15, 0.2) is 11.6 Å². The lowest BCUT2D eigenvalue weighted by molar-refractivity contribution is 0.0526. The van der Waals surface area contributed by atoms with Gasteiger partial charge in [-0.15, -0.1) is 22.7 Å². The molecule has 0 aliphatic rings. The molecule has 1 N–H and O–H groups in total. The standard InChI is InChI=1S/C13H15N3O3S2/c1-3-8-5-14-10(21-8)6-15-11(17)9-7-20-12(16-9)13(18)19-4-2/h5,7H,3-4,6H2,1-2H3,(H,15,17). The molecule has 6 nitrogen and oxygen atoms in total. The summed E-state index contributed by atoms with van der Waals surface area (Å²) in [6, 6.07) is 0. The molecule has 0 radical (unpaired) electrons. The van der Waals surface area contributed by atoms with Crippen molar-refractivity contribution in [3.63, 3.8) is 0 Å². The van der Waals surface area contributed by atoms with E-state index in [9.17, 15) is 9.59 Å². The predicted molar refractivity (Wildman–Crippen MR) is 80.7 cm³/mol. The fourth-order valence-corrected chi connectivity index (χ4v) is 3.00. The number of amides is 1. The first-order chi connectivity index (χ1) is 10.1. The first-order valence-electron chi connectivity index (χ1n) is 6.48. The van der Waals surface area contributed by atoms with Crippen molar-refractivity contribution in [2.24, 2.45) is 0 Å². The molecule has 0 unspecified atom stereocenters. The molecule has 0 saturated carbocycles. The van der Waals surface area contributed by atoms with Crippen molar-refractivity contribution in [1.82, 2.24) is 15.3 Å². The number of carbonyl (C=O) groups excluding carboxylic acids is 2. The molecule has 0 bridgehead atoms. The SMILES string of the molecule is CCOC(=O)c1nc(C(=O)NCc2ncc(CC)s2)cs1. The summed E-state index contributed by atoms with van der Waals surface area (Å²) in [5.74, 6) is -0.830. The number of aryl methyl sites for hydroxylation is 1. The molecule has 2 heterocycles. The summed E-state index contributed by atoms with van der Waals surface area (Å²) >= 11 is 2.66. The number of rotatable bonds is 6. The van der Waals surface area contributed by atoms with E-state index in [1.165, 1.54) is 4.88 Å². The normalized spacial score (nSPS) is 10.4. The highest BCUT2D eigenvalue weighted by molar-refractivity contribution is 7.12. The molecule has 0 aliphatic carbocycles. The van der Waals surface area contributed by atoms with E-state index in [0.717, 1.165) is 22.8 Å². The molecular formula is C13H15N3O3S2. The average Bonchev–Trinajstić information content (AvgIpc) is 3.14. The molecule has 2 aromatic rings. The molecule has 21 heavy (non-hydrogen) atoms. The van der Waals surface area contributed by atoms with Crippen LogP contribution in [0.25, 0.3) is 0 Å². The van der Waals surface area contributed by atoms with E-state index >= 15 is 0 Å². The van der Waals surface area contributed by atoms with Gasteiger partial charge in [0, 0.05) is 16.5 Å². The van der Waals surface area contributed by atoms with Crippen LogP contribution in [-0.4, -0.2) is 28.5 Å². The van der Waals surface area contributed by atoms with Gasteiger partial charge in [0.15, 0.2) is 0 Å². The fourth-order valence-electron chi connectivity index (χ4n) is 1.50. The van der Waals surface area contributed by atoms with Gasteiger partial charge in [0.05, 0.1) is 13.2 Å². The third-order valence-electron chi connectivity index (χ3n) is 2.54. The number of aromatic nitrogens is 2. The number of nitrogens with zero attached hydrogens (tertiary/aromatic N) is 2. The van der Waals surface area contributed by atoms with E-state index in [0.29, 0.717) is 6.54 Å². The minimum Gasteiger partial charge on any atom is -0.461 e. The minimum atomic E-state index is -0.505. The lowest BCUT2D eigenvalue weighted by Gasteiger charge is -1.99. The van der Waals surface area contributed by atoms with Crippen LogP contribution in [0.5, 0.6) is 0 Å². The summed E-state index contributed by atoms with van der Waals surface area (Å²) in [4.78, 5) is 32.8. The Hall–Kier alpha value is -1.80. The summed E-state index contributed by atoms with van der Waals surface area (Å²) < 4.78 is 4.83. The van der Waals surface area contributed by atoms with Gasteiger partial charge in [-0.1, -0.05) is 6.92 Å². The quantitative estimate of drug-likeness (QED) is 0.824. The molecule has 0 aromatic carbocycles. The van der Waals surface area contributed by atoms with E-state index in [4.69, 9.17) is 4.74 Å². The van der Waals surface area contributed by atoms with Crippen LogP contribution >= 0.6 is 22.7 Å². The smallest absolute Gasteiger partial charge is 0.367 e. The van der Waals surface area contributed by atoms with E-state index in [1.54, 1.807) is 23.6 Å². The Kier molecular flexibility index (Phi) is 5.40. The van der Waals surface area contributed by atoms with Gasteiger partial charge in [0.2, 0.25) is 5.01 Å². The molecule has 2 aromatic heterocycles. The Morgan fingerprint density at radius 1 is 1.38 bits per heavy atom. The maximum Gasteiger partial charge on any atom is 0.367 e.